The van der Waals surface area contributed by atoms with Crippen molar-refractivity contribution in [3.05, 3.63) is 63.6 Å². The van der Waals surface area contributed by atoms with E-state index in [4.69, 9.17) is 16.3 Å². The Morgan fingerprint density at radius 1 is 1.18 bits per heavy atom. The van der Waals surface area contributed by atoms with Crippen LogP contribution in [0, 0.1) is 0 Å². The molecule has 0 bridgehead atoms. The van der Waals surface area contributed by atoms with Crippen molar-refractivity contribution in [3.8, 4) is 0 Å². The number of benzene rings is 2. The normalized spacial score (nSPS) is 12.8. The predicted octanol–water partition coefficient (Wildman–Crippen LogP) is 3.44. The van der Waals surface area contributed by atoms with Gasteiger partial charge in [0.1, 0.15) is 0 Å². The maximum Gasteiger partial charge on any atom is 0.243 e. The summed E-state index contributed by atoms with van der Waals surface area (Å²) in [5.74, 6) is -0.404. The van der Waals surface area contributed by atoms with Gasteiger partial charge in [0.2, 0.25) is 15.9 Å². The molecule has 1 N–H and O–H groups in total. The molecule has 0 saturated carbocycles. The molecule has 152 valence electrons. The number of sulfonamides is 1. The fourth-order valence-electron chi connectivity index (χ4n) is 2.55. The highest BCUT2D eigenvalue weighted by Gasteiger charge is 2.27. The molecule has 1 atom stereocenters. The molecule has 0 heterocycles. The van der Waals surface area contributed by atoms with Gasteiger partial charge in [0.25, 0.3) is 0 Å². The second-order valence-corrected chi connectivity index (χ2v) is 9.57. The van der Waals surface area contributed by atoms with Gasteiger partial charge in [-0.2, -0.15) is 4.31 Å². The molecule has 0 fully saturated rings. The zero-order valence-corrected chi connectivity index (χ0v) is 18.7. The van der Waals surface area contributed by atoms with Crippen molar-refractivity contribution in [2.24, 2.45) is 0 Å². The molecule has 0 spiro atoms. The van der Waals surface area contributed by atoms with Crippen LogP contribution >= 0.6 is 27.5 Å². The molecule has 2 rings (SSSR count). The van der Waals surface area contributed by atoms with Crippen molar-refractivity contribution in [1.82, 2.24) is 9.62 Å². The van der Waals surface area contributed by atoms with Crippen LogP contribution in [0.2, 0.25) is 5.02 Å². The number of halogens is 2. The summed E-state index contributed by atoms with van der Waals surface area (Å²) in [5.41, 5.74) is 0.725. The van der Waals surface area contributed by atoms with Gasteiger partial charge in [-0.25, -0.2) is 8.42 Å². The third-order valence-electron chi connectivity index (χ3n) is 3.87. The Labute approximate surface area is 179 Å². The molecule has 0 radical (unpaired) electrons. The summed E-state index contributed by atoms with van der Waals surface area (Å²) in [5, 5.41) is 3.29. The number of carbonyl (C=O) groups is 1. The topological polar surface area (TPSA) is 75.7 Å². The molecule has 0 saturated heterocycles. The number of rotatable bonds is 9. The Kier molecular flexibility index (Phi) is 8.45. The number of carbonyl (C=O) groups excluding carboxylic acids is 1. The number of hydrogen-bond acceptors (Lipinski definition) is 4. The molecule has 0 aliphatic heterocycles. The third kappa shape index (κ3) is 6.56. The Hall–Kier alpha value is -1.45. The smallest absolute Gasteiger partial charge is 0.243 e. The van der Waals surface area contributed by atoms with Crippen LogP contribution in [0.3, 0.4) is 0 Å². The van der Waals surface area contributed by atoms with E-state index in [1.807, 2.05) is 0 Å². The molecule has 2 aromatic rings. The van der Waals surface area contributed by atoms with Crippen molar-refractivity contribution in [2.45, 2.75) is 24.4 Å². The third-order valence-corrected chi connectivity index (χ3v) is 6.45. The highest BCUT2D eigenvalue weighted by Crippen LogP contribution is 2.21. The van der Waals surface area contributed by atoms with Crippen LogP contribution in [0.4, 0.5) is 0 Å². The van der Waals surface area contributed by atoms with E-state index in [1.165, 1.54) is 19.2 Å². The van der Waals surface area contributed by atoms with Crippen molar-refractivity contribution in [2.75, 3.05) is 20.3 Å². The van der Waals surface area contributed by atoms with E-state index in [1.54, 1.807) is 43.3 Å². The molecule has 0 aliphatic carbocycles. The fourth-order valence-corrected chi connectivity index (χ4v) is 4.32. The molecule has 0 aromatic heterocycles. The summed E-state index contributed by atoms with van der Waals surface area (Å²) in [6.45, 7) is 1.85. The Morgan fingerprint density at radius 3 is 2.36 bits per heavy atom. The maximum atomic E-state index is 13.1. The van der Waals surface area contributed by atoms with Crippen LogP contribution in [0.1, 0.15) is 12.5 Å². The second-order valence-electron chi connectivity index (χ2n) is 6.28. The first-order valence-corrected chi connectivity index (χ1v) is 11.1. The first kappa shape index (κ1) is 22.8. The lowest BCUT2D eigenvalue weighted by atomic mass is 10.2. The van der Waals surface area contributed by atoms with E-state index in [0.29, 0.717) is 11.6 Å². The summed E-state index contributed by atoms with van der Waals surface area (Å²) < 4.78 is 33.2. The number of amides is 1. The zero-order chi connectivity index (χ0) is 20.7. The fraction of sp³-hybridized carbons (Fsp3) is 0.316. The largest absolute Gasteiger partial charge is 0.383 e. The van der Waals surface area contributed by atoms with Gasteiger partial charge in [0.05, 0.1) is 18.0 Å². The molecular formula is C19H22BrClN2O4S. The average Bonchev–Trinajstić information content (AvgIpc) is 2.63. The molecular weight excluding hydrogens is 468 g/mol. The number of nitrogens with one attached hydrogen (secondary N) is 1. The number of ether oxygens (including phenoxy) is 1. The molecule has 28 heavy (non-hydrogen) atoms. The van der Waals surface area contributed by atoms with Crippen molar-refractivity contribution >= 4 is 43.5 Å². The van der Waals surface area contributed by atoms with Gasteiger partial charge in [-0.05, 0) is 48.9 Å². The molecule has 2 aromatic carbocycles. The van der Waals surface area contributed by atoms with Crippen LogP contribution < -0.4 is 5.32 Å². The first-order valence-electron chi connectivity index (χ1n) is 8.51. The van der Waals surface area contributed by atoms with Gasteiger partial charge in [-0.1, -0.05) is 39.7 Å². The van der Waals surface area contributed by atoms with Gasteiger partial charge in [0, 0.05) is 29.2 Å². The summed E-state index contributed by atoms with van der Waals surface area (Å²) in [6.07, 6.45) is 0. The Balaban J connectivity index is 2.27. The quantitative estimate of drug-likeness (QED) is 0.585. The summed E-state index contributed by atoms with van der Waals surface area (Å²) in [7, 11) is -2.35. The SMILES string of the molecule is COC[C@H](C)NC(=O)CN(Cc1ccc(Cl)cc1)S(=O)(=O)c1ccc(Br)cc1. The van der Waals surface area contributed by atoms with E-state index < -0.39 is 15.9 Å². The zero-order valence-electron chi connectivity index (χ0n) is 15.6. The Bertz CT molecular complexity index is 889. The van der Waals surface area contributed by atoms with Crippen LogP contribution in [0.25, 0.3) is 0 Å². The van der Waals surface area contributed by atoms with E-state index in [-0.39, 0.29) is 24.0 Å². The van der Waals surface area contributed by atoms with Gasteiger partial charge in [-0.3, -0.25) is 4.79 Å². The number of nitrogens with zero attached hydrogens (tertiary/aromatic N) is 1. The highest BCUT2D eigenvalue weighted by atomic mass is 79.9. The van der Waals surface area contributed by atoms with Crippen LogP contribution in [0.15, 0.2) is 57.9 Å². The van der Waals surface area contributed by atoms with Crippen molar-refractivity contribution in [3.63, 3.8) is 0 Å². The molecule has 1 amide bonds. The lowest BCUT2D eigenvalue weighted by Gasteiger charge is -2.23. The van der Waals surface area contributed by atoms with Crippen LogP contribution in [0.5, 0.6) is 0 Å². The average molecular weight is 490 g/mol. The first-order chi connectivity index (χ1) is 13.2. The lowest BCUT2D eigenvalue weighted by molar-refractivity contribution is -0.122. The minimum atomic E-state index is -3.88. The molecule has 6 nitrogen and oxygen atoms in total. The number of methoxy groups -OCH3 is 1. The standard InChI is InChI=1S/C19H22BrClN2O4S/c1-14(13-27-2)22-19(24)12-23(11-15-3-7-17(21)8-4-15)28(25,26)18-9-5-16(20)6-10-18/h3-10,14H,11-13H2,1-2H3,(H,22,24)/t14-/m0/s1. The predicted molar refractivity (Wildman–Crippen MR) is 113 cm³/mol. The lowest BCUT2D eigenvalue weighted by Crippen LogP contribution is -2.44. The monoisotopic (exact) mass is 488 g/mol. The summed E-state index contributed by atoms with van der Waals surface area (Å²) >= 11 is 9.20. The molecule has 9 heteroatoms. The molecule has 0 aliphatic rings. The van der Waals surface area contributed by atoms with E-state index in [0.717, 1.165) is 14.3 Å². The highest BCUT2D eigenvalue weighted by molar-refractivity contribution is 9.10. The minimum absolute atomic E-state index is 0.0433. The second kappa shape index (κ2) is 10.4. The van der Waals surface area contributed by atoms with E-state index in [9.17, 15) is 13.2 Å². The summed E-state index contributed by atoms with van der Waals surface area (Å²) in [4.78, 5) is 12.5. The van der Waals surface area contributed by atoms with Gasteiger partial charge in [-0.15, -0.1) is 0 Å². The van der Waals surface area contributed by atoms with Gasteiger partial charge in [0.15, 0.2) is 0 Å². The van der Waals surface area contributed by atoms with Gasteiger partial charge >= 0.3 is 0 Å². The van der Waals surface area contributed by atoms with Gasteiger partial charge < -0.3 is 10.1 Å². The minimum Gasteiger partial charge on any atom is -0.383 e. The summed E-state index contributed by atoms with van der Waals surface area (Å²) in [6, 6.07) is 12.9. The number of hydrogen-bond donors (Lipinski definition) is 1. The van der Waals surface area contributed by atoms with E-state index >= 15 is 0 Å². The van der Waals surface area contributed by atoms with E-state index in [2.05, 4.69) is 21.2 Å². The maximum absolute atomic E-state index is 13.1. The molecule has 0 unspecified atom stereocenters. The van der Waals surface area contributed by atoms with Crippen molar-refractivity contribution in [1.29, 1.82) is 0 Å². The van der Waals surface area contributed by atoms with Crippen LogP contribution in [-0.2, 0) is 26.1 Å². The van der Waals surface area contributed by atoms with Crippen molar-refractivity contribution < 1.29 is 17.9 Å². The van der Waals surface area contributed by atoms with Crippen LogP contribution in [-0.4, -0.2) is 44.9 Å². The Morgan fingerprint density at radius 2 is 1.79 bits per heavy atom.